The topological polar surface area (TPSA) is 84.2 Å². The van der Waals surface area contributed by atoms with E-state index in [2.05, 4.69) is 26.3 Å². The van der Waals surface area contributed by atoms with E-state index in [4.69, 9.17) is 5.11 Å². The second kappa shape index (κ2) is 7.87. The molecule has 0 aliphatic heterocycles. The Hall–Kier alpha value is -2.22. The van der Waals surface area contributed by atoms with E-state index >= 15 is 0 Å². The molecule has 1 heterocycles. The maximum atomic E-state index is 12.9. The summed E-state index contributed by atoms with van der Waals surface area (Å²) in [5, 5.41) is 15.4. The SMILES string of the molecule is O=C(O)CCCCNC(=O)c1nn(-c2ccc(F)cc2)cc1Br. The quantitative estimate of drug-likeness (QED) is 0.719. The summed E-state index contributed by atoms with van der Waals surface area (Å²) in [5.41, 5.74) is 0.847. The van der Waals surface area contributed by atoms with Crippen LogP contribution in [0.3, 0.4) is 0 Å². The normalized spacial score (nSPS) is 10.5. The monoisotopic (exact) mass is 383 g/mol. The fourth-order valence-corrected chi connectivity index (χ4v) is 2.37. The van der Waals surface area contributed by atoms with Crippen molar-refractivity contribution >= 4 is 27.8 Å². The molecule has 122 valence electrons. The summed E-state index contributed by atoms with van der Waals surface area (Å²) >= 11 is 3.28. The van der Waals surface area contributed by atoms with Crippen molar-refractivity contribution in [1.29, 1.82) is 0 Å². The van der Waals surface area contributed by atoms with Crippen LogP contribution in [0.15, 0.2) is 34.9 Å². The molecule has 0 radical (unpaired) electrons. The van der Waals surface area contributed by atoms with Gasteiger partial charge in [0, 0.05) is 19.2 Å². The summed E-state index contributed by atoms with van der Waals surface area (Å²) in [7, 11) is 0. The lowest BCUT2D eigenvalue weighted by Crippen LogP contribution is -2.25. The number of aliphatic carboxylic acids is 1. The summed E-state index contributed by atoms with van der Waals surface area (Å²) < 4.78 is 14.9. The van der Waals surface area contributed by atoms with Crippen LogP contribution in [0.4, 0.5) is 4.39 Å². The Kier molecular flexibility index (Phi) is 5.86. The molecule has 1 aromatic heterocycles. The lowest BCUT2D eigenvalue weighted by molar-refractivity contribution is -0.137. The fourth-order valence-electron chi connectivity index (χ4n) is 1.92. The minimum Gasteiger partial charge on any atom is -0.481 e. The van der Waals surface area contributed by atoms with E-state index in [1.54, 1.807) is 18.3 Å². The molecule has 0 spiro atoms. The van der Waals surface area contributed by atoms with Crippen LogP contribution in [-0.2, 0) is 4.79 Å². The Morgan fingerprint density at radius 3 is 2.61 bits per heavy atom. The number of carbonyl (C=O) groups is 2. The Bertz CT molecular complexity index is 700. The number of unbranched alkanes of at least 4 members (excludes halogenated alkanes) is 1. The van der Waals surface area contributed by atoms with Crippen molar-refractivity contribution in [2.24, 2.45) is 0 Å². The highest BCUT2D eigenvalue weighted by Crippen LogP contribution is 2.18. The minimum absolute atomic E-state index is 0.0821. The van der Waals surface area contributed by atoms with E-state index in [0.717, 1.165) is 0 Å². The maximum absolute atomic E-state index is 12.9. The molecule has 1 aromatic carbocycles. The zero-order valence-electron chi connectivity index (χ0n) is 12.1. The standard InChI is InChI=1S/C15H15BrFN3O3/c16-12-9-20(11-6-4-10(17)5-7-11)19-14(12)15(23)18-8-2-1-3-13(21)22/h4-7,9H,1-3,8H2,(H,18,23)(H,21,22). The molecule has 0 aliphatic rings. The molecule has 0 atom stereocenters. The van der Waals surface area contributed by atoms with E-state index in [1.807, 2.05) is 0 Å². The lowest BCUT2D eigenvalue weighted by Gasteiger charge is -2.03. The van der Waals surface area contributed by atoms with Crippen LogP contribution < -0.4 is 5.32 Å². The number of benzene rings is 1. The largest absolute Gasteiger partial charge is 0.481 e. The number of nitrogens with zero attached hydrogens (tertiary/aromatic N) is 2. The molecule has 2 N–H and O–H groups in total. The Balaban J connectivity index is 1.96. The van der Waals surface area contributed by atoms with Crippen molar-refractivity contribution in [1.82, 2.24) is 15.1 Å². The molecule has 0 bridgehead atoms. The summed E-state index contributed by atoms with van der Waals surface area (Å²) in [4.78, 5) is 22.5. The maximum Gasteiger partial charge on any atom is 0.303 e. The molecule has 1 amide bonds. The number of halogens is 2. The summed E-state index contributed by atoms with van der Waals surface area (Å²) in [6.07, 6.45) is 2.78. The zero-order chi connectivity index (χ0) is 16.8. The Labute approximate surface area is 140 Å². The smallest absolute Gasteiger partial charge is 0.303 e. The van der Waals surface area contributed by atoms with E-state index in [9.17, 15) is 14.0 Å². The third kappa shape index (κ3) is 4.88. The molecule has 2 rings (SSSR count). The van der Waals surface area contributed by atoms with Gasteiger partial charge in [-0.15, -0.1) is 0 Å². The minimum atomic E-state index is -0.850. The molecule has 0 saturated heterocycles. The van der Waals surface area contributed by atoms with Crippen LogP contribution in [-0.4, -0.2) is 33.3 Å². The van der Waals surface area contributed by atoms with Gasteiger partial charge in [-0.3, -0.25) is 9.59 Å². The van der Waals surface area contributed by atoms with Gasteiger partial charge in [0.2, 0.25) is 0 Å². The molecule has 8 heteroatoms. The van der Waals surface area contributed by atoms with E-state index < -0.39 is 5.97 Å². The van der Waals surface area contributed by atoms with E-state index in [0.29, 0.717) is 29.5 Å². The first-order valence-corrected chi connectivity index (χ1v) is 7.78. The van der Waals surface area contributed by atoms with Crippen molar-refractivity contribution < 1.29 is 19.1 Å². The number of hydrogen-bond acceptors (Lipinski definition) is 3. The first-order valence-electron chi connectivity index (χ1n) is 6.98. The average Bonchev–Trinajstić information content (AvgIpc) is 2.89. The predicted molar refractivity (Wildman–Crippen MR) is 85.0 cm³/mol. The number of rotatable bonds is 7. The van der Waals surface area contributed by atoms with Gasteiger partial charge in [-0.2, -0.15) is 5.10 Å². The zero-order valence-corrected chi connectivity index (χ0v) is 13.7. The summed E-state index contributed by atoms with van der Waals surface area (Å²) in [6, 6.07) is 5.74. The van der Waals surface area contributed by atoms with Crippen LogP contribution in [0.2, 0.25) is 0 Å². The second-order valence-electron chi connectivity index (χ2n) is 4.85. The lowest BCUT2D eigenvalue weighted by atomic mass is 10.2. The number of amides is 1. The van der Waals surface area contributed by atoms with Crippen molar-refractivity contribution in [3.63, 3.8) is 0 Å². The highest BCUT2D eigenvalue weighted by Gasteiger charge is 2.15. The highest BCUT2D eigenvalue weighted by atomic mass is 79.9. The van der Waals surface area contributed by atoms with Gasteiger partial charge in [-0.05, 0) is 53.0 Å². The molecule has 6 nitrogen and oxygen atoms in total. The average molecular weight is 384 g/mol. The number of carbonyl (C=O) groups excluding carboxylic acids is 1. The van der Waals surface area contributed by atoms with Gasteiger partial charge >= 0.3 is 5.97 Å². The molecule has 23 heavy (non-hydrogen) atoms. The van der Waals surface area contributed by atoms with Gasteiger partial charge in [-0.25, -0.2) is 9.07 Å². The Morgan fingerprint density at radius 2 is 1.96 bits per heavy atom. The van der Waals surface area contributed by atoms with Gasteiger partial charge in [0.25, 0.3) is 5.91 Å². The number of carboxylic acids is 1. The number of carboxylic acid groups (broad SMARTS) is 1. The van der Waals surface area contributed by atoms with Gasteiger partial charge < -0.3 is 10.4 Å². The van der Waals surface area contributed by atoms with E-state index in [1.165, 1.54) is 16.8 Å². The van der Waals surface area contributed by atoms with Crippen molar-refractivity contribution in [2.45, 2.75) is 19.3 Å². The molecule has 0 aliphatic carbocycles. The second-order valence-corrected chi connectivity index (χ2v) is 5.71. The molecule has 0 saturated carbocycles. The van der Waals surface area contributed by atoms with Gasteiger partial charge in [0.1, 0.15) is 5.82 Å². The van der Waals surface area contributed by atoms with Crippen molar-refractivity contribution in [3.8, 4) is 5.69 Å². The third-order valence-electron chi connectivity index (χ3n) is 3.08. The number of hydrogen-bond donors (Lipinski definition) is 2. The fraction of sp³-hybridized carbons (Fsp3) is 0.267. The van der Waals surface area contributed by atoms with E-state index in [-0.39, 0.29) is 23.8 Å². The molecular weight excluding hydrogens is 369 g/mol. The molecule has 0 fully saturated rings. The molecular formula is C15H15BrFN3O3. The van der Waals surface area contributed by atoms with Crippen LogP contribution in [0.25, 0.3) is 5.69 Å². The van der Waals surface area contributed by atoms with Crippen LogP contribution >= 0.6 is 15.9 Å². The van der Waals surface area contributed by atoms with Gasteiger partial charge in [-0.1, -0.05) is 0 Å². The Morgan fingerprint density at radius 1 is 1.26 bits per heavy atom. The summed E-state index contributed by atoms with van der Waals surface area (Å²) in [6.45, 7) is 0.377. The molecule has 0 unspecified atom stereocenters. The van der Waals surface area contributed by atoms with Gasteiger partial charge in [0.15, 0.2) is 5.69 Å². The third-order valence-corrected chi connectivity index (χ3v) is 3.66. The predicted octanol–water partition coefficient (Wildman–Crippen LogP) is 2.76. The van der Waals surface area contributed by atoms with Crippen LogP contribution in [0.5, 0.6) is 0 Å². The summed E-state index contributed by atoms with van der Waals surface area (Å²) in [5.74, 6) is -1.55. The number of aromatic nitrogens is 2. The van der Waals surface area contributed by atoms with Crippen molar-refractivity contribution in [2.75, 3.05) is 6.54 Å². The van der Waals surface area contributed by atoms with Gasteiger partial charge in [0.05, 0.1) is 10.2 Å². The number of nitrogens with one attached hydrogen (secondary N) is 1. The first kappa shape index (κ1) is 17.1. The first-order chi connectivity index (χ1) is 11.0. The van der Waals surface area contributed by atoms with Crippen LogP contribution in [0.1, 0.15) is 29.8 Å². The highest BCUT2D eigenvalue weighted by molar-refractivity contribution is 9.10. The molecule has 2 aromatic rings. The van der Waals surface area contributed by atoms with Crippen molar-refractivity contribution in [3.05, 3.63) is 46.4 Å². The van der Waals surface area contributed by atoms with Crippen LogP contribution in [0, 0.1) is 5.82 Å².